The summed E-state index contributed by atoms with van der Waals surface area (Å²) >= 11 is 1.85. The van der Waals surface area contributed by atoms with E-state index in [9.17, 15) is 5.11 Å². The maximum atomic E-state index is 9.86. The molecule has 1 fully saturated rings. The standard InChI is InChI=1S/C13H19NOS/c15-13(7-4-8-13)11-14-9-10-16-12-5-2-1-3-6-12/h1-3,5-6,14-15H,4,7-11H2. The van der Waals surface area contributed by atoms with Crippen LogP contribution >= 0.6 is 11.8 Å². The van der Waals surface area contributed by atoms with Gasteiger partial charge >= 0.3 is 0 Å². The topological polar surface area (TPSA) is 32.3 Å². The number of benzene rings is 1. The van der Waals surface area contributed by atoms with E-state index in [2.05, 4.69) is 29.6 Å². The lowest BCUT2D eigenvalue weighted by Gasteiger charge is -2.36. The van der Waals surface area contributed by atoms with Crippen molar-refractivity contribution >= 4 is 11.8 Å². The third-order valence-electron chi connectivity index (χ3n) is 3.03. The molecule has 88 valence electrons. The van der Waals surface area contributed by atoms with Gasteiger partial charge in [0.25, 0.3) is 0 Å². The monoisotopic (exact) mass is 237 g/mol. The minimum atomic E-state index is -0.391. The Labute approximate surface area is 101 Å². The van der Waals surface area contributed by atoms with E-state index < -0.39 is 5.60 Å². The highest BCUT2D eigenvalue weighted by Crippen LogP contribution is 2.30. The van der Waals surface area contributed by atoms with Crippen LogP contribution in [0.4, 0.5) is 0 Å². The Kier molecular flexibility index (Phi) is 4.27. The molecule has 0 heterocycles. The summed E-state index contributed by atoms with van der Waals surface area (Å²) in [6.45, 7) is 1.71. The van der Waals surface area contributed by atoms with Crippen LogP contribution in [-0.2, 0) is 0 Å². The van der Waals surface area contributed by atoms with Crippen molar-refractivity contribution in [3.63, 3.8) is 0 Å². The van der Waals surface area contributed by atoms with Gasteiger partial charge in [0.05, 0.1) is 5.60 Å². The van der Waals surface area contributed by atoms with E-state index in [0.29, 0.717) is 0 Å². The van der Waals surface area contributed by atoms with E-state index in [1.54, 1.807) is 0 Å². The number of thioether (sulfide) groups is 1. The fourth-order valence-corrected chi connectivity index (χ4v) is 2.67. The van der Waals surface area contributed by atoms with Crippen LogP contribution in [-0.4, -0.2) is 29.5 Å². The lowest BCUT2D eigenvalue weighted by molar-refractivity contribution is -0.0307. The van der Waals surface area contributed by atoms with Crippen LogP contribution in [0.1, 0.15) is 19.3 Å². The van der Waals surface area contributed by atoms with Crippen LogP contribution < -0.4 is 5.32 Å². The molecule has 1 saturated carbocycles. The smallest absolute Gasteiger partial charge is 0.0771 e. The second-order valence-electron chi connectivity index (χ2n) is 4.42. The van der Waals surface area contributed by atoms with Crippen LogP contribution in [0.15, 0.2) is 35.2 Å². The van der Waals surface area contributed by atoms with Gasteiger partial charge in [-0.3, -0.25) is 0 Å². The van der Waals surface area contributed by atoms with E-state index in [1.807, 2.05) is 17.8 Å². The Morgan fingerprint density at radius 2 is 2.00 bits per heavy atom. The summed E-state index contributed by atoms with van der Waals surface area (Å²) in [4.78, 5) is 1.31. The Hall–Kier alpha value is -0.510. The fourth-order valence-electron chi connectivity index (χ4n) is 1.84. The van der Waals surface area contributed by atoms with Crippen LogP contribution in [0.25, 0.3) is 0 Å². The average Bonchev–Trinajstić information content (AvgIpc) is 2.28. The number of aliphatic hydroxyl groups is 1. The molecule has 0 aromatic heterocycles. The minimum absolute atomic E-state index is 0.391. The van der Waals surface area contributed by atoms with Crippen molar-refractivity contribution in [2.45, 2.75) is 29.8 Å². The van der Waals surface area contributed by atoms with Gasteiger partial charge in [-0.05, 0) is 31.4 Å². The predicted molar refractivity (Wildman–Crippen MR) is 68.8 cm³/mol. The molecule has 0 saturated heterocycles. The van der Waals surface area contributed by atoms with Gasteiger partial charge in [0.2, 0.25) is 0 Å². The van der Waals surface area contributed by atoms with Crippen molar-refractivity contribution in [1.29, 1.82) is 0 Å². The van der Waals surface area contributed by atoms with Gasteiger partial charge in [0.1, 0.15) is 0 Å². The number of hydrogen-bond acceptors (Lipinski definition) is 3. The molecule has 0 aliphatic heterocycles. The van der Waals surface area contributed by atoms with Gasteiger partial charge in [-0.25, -0.2) is 0 Å². The Balaban J connectivity index is 1.55. The molecule has 0 spiro atoms. The quantitative estimate of drug-likeness (QED) is 0.588. The third kappa shape index (κ3) is 3.51. The van der Waals surface area contributed by atoms with Gasteiger partial charge in [-0.1, -0.05) is 18.2 Å². The zero-order valence-corrected chi connectivity index (χ0v) is 10.3. The summed E-state index contributed by atoms with van der Waals surface area (Å²) in [6.07, 6.45) is 3.11. The van der Waals surface area contributed by atoms with Crippen LogP contribution in [0.5, 0.6) is 0 Å². The Bertz CT molecular complexity index is 311. The first-order valence-electron chi connectivity index (χ1n) is 5.89. The highest BCUT2D eigenvalue weighted by atomic mass is 32.2. The molecule has 1 aliphatic rings. The zero-order chi connectivity index (χ0) is 11.3. The highest BCUT2D eigenvalue weighted by Gasteiger charge is 2.33. The maximum absolute atomic E-state index is 9.86. The fraction of sp³-hybridized carbons (Fsp3) is 0.538. The third-order valence-corrected chi connectivity index (χ3v) is 4.04. The van der Waals surface area contributed by atoms with Gasteiger partial charge in [-0.15, -0.1) is 11.8 Å². The van der Waals surface area contributed by atoms with Crippen molar-refractivity contribution in [2.24, 2.45) is 0 Å². The SMILES string of the molecule is OC1(CNCCSc2ccccc2)CCC1. The average molecular weight is 237 g/mol. The molecule has 2 rings (SSSR count). The van der Waals surface area contributed by atoms with E-state index >= 15 is 0 Å². The second-order valence-corrected chi connectivity index (χ2v) is 5.58. The molecule has 0 atom stereocenters. The normalized spacial score (nSPS) is 18.1. The summed E-state index contributed by atoms with van der Waals surface area (Å²) in [6, 6.07) is 10.4. The molecule has 0 unspecified atom stereocenters. The molecular formula is C13H19NOS. The summed E-state index contributed by atoms with van der Waals surface area (Å²) in [7, 11) is 0. The lowest BCUT2D eigenvalue weighted by Crippen LogP contribution is -2.46. The first kappa shape index (κ1) is 12.0. The molecule has 0 amide bonds. The van der Waals surface area contributed by atoms with Crippen LogP contribution in [0, 0.1) is 0 Å². The van der Waals surface area contributed by atoms with Crippen molar-refractivity contribution in [3.8, 4) is 0 Å². The molecule has 1 aromatic carbocycles. The number of rotatable bonds is 6. The van der Waals surface area contributed by atoms with Crippen LogP contribution in [0.2, 0.25) is 0 Å². The molecule has 0 bridgehead atoms. The molecule has 0 radical (unpaired) electrons. The Morgan fingerprint density at radius 3 is 2.62 bits per heavy atom. The molecular weight excluding hydrogens is 218 g/mol. The summed E-state index contributed by atoms with van der Waals surface area (Å²) < 4.78 is 0. The van der Waals surface area contributed by atoms with E-state index in [-0.39, 0.29) is 0 Å². The first-order valence-corrected chi connectivity index (χ1v) is 6.88. The maximum Gasteiger partial charge on any atom is 0.0771 e. The summed E-state index contributed by atoms with van der Waals surface area (Å²) in [5.74, 6) is 1.06. The van der Waals surface area contributed by atoms with E-state index in [0.717, 1.165) is 31.7 Å². The van der Waals surface area contributed by atoms with Gasteiger partial charge in [-0.2, -0.15) is 0 Å². The minimum Gasteiger partial charge on any atom is -0.389 e. The molecule has 1 aromatic rings. The van der Waals surface area contributed by atoms with Gasteiger partial charge in [0.15, 0.2) is 0 Å². The van der Waals surface area contributed by atoms with Gasteiger partial charge in [0, 0.05) is 23.7 Å². The largest absolute Gasteiger partial charge is 0.389 e. The Morgan fingerprint density at radius 1 is 1.25 bits per heavy atom. The van der Waals surface area contributed by atoms with Crippen molar-refractivity contribution < 1.29 is 5.11 Å². The molecule has 1 aliphatic carbocycles. The predicted octanol–water partition coefficient (Wildman–Crippen LogP) is 2.28. The van der Waals surface area contributed by atoms with E-state index in [4.69, 9.17) is 0 Å². The first-order chi connectivity index (χ1) is 7.79. The van der Waals surface area contributed by atoms with Crippen molar-refractivity contribution in [1.82, 2.24) is 5.32 Å². The van der Waals surface area contributed by atoms with Crippen molar-refractivity contribution in [3.05, 3.63) is 30.3 Å². The van der Waals surface area contributed by atoms with Crippen LogP contribution in [0.3, 0.4) is 0 Å². The summed E-state index contributed by atoms with van der Waals surface area (Å²) in [5.41, 5.74) is -0.391. The summed E-state index contributed by atoms with van der Waals surface area (Å²) in [5, 5.41) is 13.2. The lowest BCUT2D eigenvalue weighted by atomic mass is 9.80. The highest BCUT2D eigenvalue weighted by molar-refractivity contribution is 7.99. The second kappa shape index (κ2) is 5.71. The molecule has 3 heteroatoms. The number of nitrogens with one attached hydrogen (secondary N) is 1. The molecule has 2 N–H and O–H groups in total. The van der Waals surface area contributed by atoms with Crippen molar-refractivity contribution in [2.75, 3.05) is 18.8 Å². The van der Waals surface area contributed by atoms with Gasteiger partial charge < -0.3 is 10.4 Å². The zero-order valence-electron chi connectivity index (χ0n) is 9.48. The molecule has 2 nitrogen and oxygen atoms in total. The molecule has 16 heavy (non-hydrogen) atoms. The number of hydrogen-bond donors (Lipinski definition) is 2. The van der Waals surface area contributed by atoms with E-state index in [1.165, 1.54) is 11.3 Å².